The Bertz CT molecular complexity index is 667. The molecule has 0 radical (unpaired) electrons. The monoisotopic (exact) mass is 429 g/mol. The molecule has 0 aliphatic heterocycles. The second-order valence-corrected chi connectivity index (χ2v) is 6.28. The quantitative estimate of drug-likeness (QED) is 0.567. The number of nitrogens with one attached hydrogen (secondary N) is 2. The molecule has 0 aromatic heterocycles. The van der Waals surface area contributed by atoms with E-state index in [-0.39, 0.29) is 11.8 Å². The van der Waals surface area contributed by atoms with Crippen LogP contribution >= 0.6 is 31.9 Å². The van der Waals surface area contributed by atoms with Crippen molar-refractivity contribution < 1.29 is 9.59 Å². The molecule has 1 aromatic rings. The molecule has 0 aliphatic carbocycles. The summed E-state index contributed by atoms with van der Waals surface area (Å²) in [6, 6.07) is 3.51. The van der Waals surface area contributed by atoms with Gasteiger partial charge in [0.2, 0.25) is 0 Å². The van der Waals surface area contributed by atoms with Crippen LogP contribution in [-0.4, -0.2) is 30.5 Å². The molecule has 5 nitrogen and oxygen atoms in total. The Kier molecular flexibility index (Phi) is 6.96. The maximum atomic E-state index is 12.3. The summed E-state index contributed by atoms with van der Waals surface area (Å²) in [6.45, 7) is 3.50. The van der Waals surface area contributed by atoms with Crippen LogP contribution in [0.3, 0.4) is 0 Å². The highest BCUT2D eigenvalue weighted by atomic mass is 79.9. The van der Waals surface area contributed by atoms with Crippen LogP contribution in [-0.2, 0) is 4.79 Å². The molecule has 118 valence electrons. The molecule has 2 amide bonds. The number of hydrogen-bond donors (Lipinski definition) is 2. The van der Waals surface area contributed by atoms with Crippen LogP contribution in [0, 0.1) is 6.92 Å². The van der Waals surface area contributed by atoms with Crippen molar-refractivity contribution in [3.63, 3.8) is 0 Å². The SMILES string of the molecule is CN=C(Br)/C=C(\C)C(=O)Nc1c(C)cc(Br)cc1C(=O)NC. The van der Waals surface area contributed by atoms with Gasteiger partial charge in [-0.1, -0.05) is 15.9 Å². The Hall–Kier alpha value is -1.47. The number of amides is 2. The maximum absolute atomic E-state index is 12.3. The van der Waals surface area contributed by atoms with Crippen LogP contribution in [0.2, 0.25) is 0 Å². The number of anilines is 1. The van der Waals surface area contributed by atoms with E-state index in [1.807, 2.05) is 13.0 Å². The van der Waals surface area contributed by atoms with Gasteiger partial charge >= 0.3 is 0 Å². The minimum absolute atomic E-state index is 0.266. The molecule has 0 fully saturated rings. The largest absolute Gasteiger partial charge is 0.355 e. The first-order chi connectivity index (χ1) is 10.3. The molecule has 0 atom stereocenters. The van der Waals surface area contributed by atoms with E-state index < -0.39 is 0 Å². The number of benzene rings is 1. The third kappa shape index (κ3) is 4.78. The number of nitrogens with zero attached hydrogens (tertiary/aromatic N) is 1. The molecule has 0 heterocycles. The number of allylic oxidation sites excluding steroid dienone is 1. The summed E-state index contributed by atoms with van der Waals surface area (Å²) in [5.41, 5.74) is 2.16. The fourth-order valence-electron chi connectivity index (χ4n) is 1.74. The maximum Gasteiger partial charge on any atom is 0.253 e. The molecule has 0 saturated carbocycles. The average molecular weight is 431 g/mol. The lowest BCUT2D eigenvalue weighted by atomic mass is 10.1. The van der Waals surface area contributed by atoms with Crippen LogP contribution in [0.15, 0.2) is 33.2 Å². The summed E-state index contributed by atoms with van der Waals surface area (Å²) >= 11 is 6.58. The number of aliphatic imine (C=N–C) groups is 1. The van der Waals surface area contributed by atoms with Crippen molar-refractivity contribution in [1.29, 1.82) is 0 Å². The predicted molar refractivity (Wildman–Crippen MR) is 96.9 cm³/mol. The van der Waals surface area contributed by atoms with E-state index in [9.17, 15) is 9.59 Å². The molecular weight excluding hydrogens is 414 g/mol. The number of hydrogen-bond acceptors (Lipinski definition) is 3. The van der Waals surface area contributed by atoms with Crippen molar-refractivity contribution in [1.82, 2.24) is 5.32 Å². The lowest BCUT2D eigenvalue weighted by molar-refractivity contribution is -0.112. The summed E-state index contributed by atoms with van der Waals surface area (Å²) in [5, 5.41) is 5.35. The van der Waals surface area contributed by atoms with Gasteiger partial charge in [0.05, 0.1) is 11.3 Å². The summed E-state index contributed by atoms with van der Waals surface area (Å²) in [7, 11) is 3.17. The van der Waals surface area contributed by atoms with E-state index >= 15 is 0 Å². The lowest BCUT2D eigenvalue weighted by Gasteiger charge is -2.14. The van der Waals surface area contributed by atoms with Gasteiger partial charge in [-0.2, -0.15) is 0 Å². The number of carbonyl (C=O) groups excluding carboxylic acids is 2. The van der Waals surface area contributed by atoms with Gasteiger partial charge in [0, 0.05) is 24.1 Å². The van der Waals surface area contributed by atoms with Gasteiger partial charge in [0.15, 0.2) is 0 Å². The average Bonchev–Trinajstić information content (AvgIpc) is 2.48. The minimum Gasteiger partial charge on any atom is -0.355 e. The van der Waals surface area contributed by atoms with E-state index in [0.29, 0.717) is 21.4 Å². The van der Waals surface area contributed by atoms with Gasteiger partial charge in [-0.25, -0.2) is 0 Å². The van der Waals surface area contributed by atoms with E-state index in [0.717, 1.165) is 10.0 Å². The predicted octanol–water partition coefficient (Wildman–Crippen LogP) is 3.43. The van der Waals surface area contributed by atoms with Gasteiger partial charge in [0.25, 0.3) is 11.8 Å². The second kappa shape index (κ2) is 8.24. The fourth-order valence-corrected chi connectivity index (χ4v) is 2.66. The molecule has 2 N–H and O–H groups in total. The first-order valence-electron chi connectivity index (χ1n) is 6.44. The molecule has 22 heavy (non-hydrogen) atoms. The molecule has 0 spiro atoms. The Morgan fingerprint density at radius 3 is 2.50 bits per heavy atom. The number of carbonyl (C=O) groups is 2. The highest BCUT2D eigenvalue weighted by Gasteiger charge is 2.16. The van der Waals surface area contributed by atoms with E-state index in [1.165, 1.54) is 0 Å². The lowest BCUT2D eigenvalue weighted by Crippen LogP contribution is -2.22. The van der Waals surface area contributed by atoms with Crippen LogP contribution in [0.25, 0.3) is 0 Å². The van der Waals surface area contributed by atoms with Crippen molar-refractivity contribution in [3.05, 3.63) is 39.4 Å². The van der Waals surface area contributed by atoms with Crippen molar-refractivity contribution >= 4 is 54.0 Å². The van der Waals surface area contributed by atoms with Crippen molar-refractivity contribution in [2.24, 2.45) is 4.99 Å². The van der Waals surface area contributed by atoms with E-state index in [2.05, 4.69) is 47.5 Å². The van der Waals surface area contributed by atoms with Gasteiger partial charge in [-0.05, 0) is 53.5 Å². The van der Waals surface area contributed by atoms with Gasteiger partial charge < -0.3 is 10.6 Å². The number of aryl methyl sites for hydroxylation is 1. The highest BCUT2D eigenvalue weighted by molar-refractivity contribution is 9.18. The van der Waals surface area contributed by atoms with Crippen molar-refractivity contribution in [3.8, 4) is 0 Å². The Morgan fingerprint density at radius 2 is 1.95 bits per heavy atom. The smallest absolute Gasteiger partial charge is 0.253 e. The molecule has 0 saturated heterocycles. The third-order valence-corrected chi connectivity index (χ3v) is 3.96. The van der Waals surface area contributed by atoms with Crippen LogP contribution in [0.1, 0.15) is 22.8 Å². The van der Waals surface area contributed by atoms with Crippen LogP contribution in [0.4, 0.5) is 5.69 Å². The summed E-state index contributed by atoms with van der Waals surface area (Å²) in [6.07, 6.45) is 1.61. The minimum atomic E-state index is -0.295. The zero-order valence-corrected chi connectivity index (χ0v) is 15.9. The van der Waals surface area contributed by atoms with Gasteiger partial charge in [-0.15, -0.1) is 0 Å². The molecular formula is C15H17Br2N3O2. The number of rotatable bonds is 4. The first-order valence-corrected chi connectivity index (χ1v) is 8.03. The third-order valence-electron chi connectivity index (χ3n) is 2.92. The summed E-state index contributed by atoms with van der Waals surface area (Å²) in [5.74, 6) is -0.561. The zero-order valence-electron chi connectivity index (χ0n) is 12.8. The number of halogens is 2. The van der Waals surface area contributed by atoms with E-state index in [1.54, 1.807) is 33.2 Å². The molecule has 0 unspecified atom stereocenters. The summed E-state index contributed by atoms with van der Waals surface area (Å²) < 4.78 is 1.34. The highest BCUT2D eigenvalue weighted by Crippen LogP contribution is 2.26. The van der Waals surface area contributed by atoms with Gasteiger partial charge in [-0.3, -0.25) is 14.6 Å². The van der Waals surface area contributed by atoms with Crippen LogP contribution in [0.5, 0.6) is 0 Å². The topological polar surface area (TPSA) is 70.6 Å². The van der Waals surface area contributed by atoms with Gasteiger partial charge in [0.1, 0.15) is 4.62 Å². The van der Waals surface area contributed by atoms with Crippen molar-refractivity contribution in [2.45, 2.75) is 13.8 Å². The zero-order chi connectivity index (χ0) is 16.9. The Labute approximate surface area is 146 Å². The van der Waals surface area contributed by atoms with E-state index in [4.69, 9.17) is 0 Å². The second-order valence-electron chi connectivity index (χ2n) is 4.55. The molecule has 7 heteroatoms. The fraction of sp³-hybridized carbons (Fsp3) is 0.267. The Morgan fingerprint density at radius 1 is 1.32 bits per heavy atom. The molecule has 1 rings (SSSR count). The summed E-state index contributed by atoms with van der Waals surface area (Å²) in [4.78, 5) is 28.2. The normalized spacial score (nSPS) is 12.1. The van der Waals surface area contributed by atoms with Crippen molar-refractivity contribution in [2.75, 3.05) is 19.4 Å². The molecule has 0 aliphatic rings. The van der Waals surface area contributed by atoms with Crippen LogP contribution < -0.4 is 10.6 Å². The molecule has 0 bridgehead atoms. The molecule has 1 aromatic carbocycles. The Balaban J connectivity index is 3.20. The standard InChI is InChI=1S/C15H17Br2N3O2/c1-8-5-10(16)7-11(15(22)19-4)13(8)20-14(21)9(2)6-12(17)18-3/h5-7H,1-4H3,(H,19,22)(H,20,21)/b9-6+,18-12?. The first kappa shape index (κ1) is 18.6.